The Bertz CT molecular complexity index is 654. The van der Waals surface area contributed by atoms with E-state index in [2.05, 4.69) is 10.5 Å². The second-order valence-corrected chi connectivity index (χ2v) is 5.95. The van der Waals surface area contributed by atoms with Gasteiger partial charge >= 0.3 is 0 Å². The molecule has 0 bridgehead atoms. The molecule has 0 atom stereocenters. The van der Waals surface area contributed by atoms with Crippen LogP contribution in [-0.4, -0.2) is 21.1 Å². The second kappa shape index (κ2) is 5.10. The fraction of sp³-hybridized carbons (Fsp3) is 0.417. The number of hydrogen-bond acceptors (Lipinski definition) is 5. The zero-order valence-corrected chi connectivity index (χ0v) is 11.8. The Balaban J connectivity index is 2.11. The molecule has 0 radical (unpaired) electrons. The minimum Gasteiger partial charge on any atom is -0.289 e. The van der Waals surface area contributed by atoms with Crippen molar-refractivity contribution in [1.82, 2.24) is 15.0 Å². The number of aromatic nitrogens is 2. The zero-order valence-electron chi connectivity index (χ0n) is 11.0. The fourth-order valence-electron chi connectivity index (χ4n) is 1.40. The van der Waals surface area contributed by atoms with Crippen molar-refractivity contribution in [1.29, 1.82) is 0 Å². The highest BCUT2D eigenvalue weighted by molar-refractivity contribution is 7.16. The molecule has 2 aromatic heterocycles. The molecule has 0 saturated carbocycles. The van der Waals surface area contributed by atoms with Crippen molar-refractivity contribution in [2.75, 3.05) is 0 Å². The molecule has 6 nitrogen and oxygen atoms in total. The van der Waals surface area contributed by atoms with Crippen LogP contribution in [0.25, 0.3) is 10.2 Å². The predicted molar refractivity (Wildman–Crippen MR) is 72.9 cm³/mol. The Morgan fingerprint density at radius 1 is 1.53 bits per heavy atom. The molecule has 1 N–H and O–H groups in total. The number of amides is 1. The van der Waals surface area contributed by atoms with Gasteiger partial charge in [-0.2, -0.15) is 0 Å². The van der Waals surface area contributed by atoms with Crippen molar-refractivity contribution in [3.63, 3.8) is 0 Å². The fourth-order valence-corrected chi connectivity index (χ4v) is 2.13. The number of hydrogen-bond donors (Lipinski definition) is 1. The van der Waals surface area contributed by atoms with Crippen LogP contribution in [0.15, 0.2) is 22.6 Å². The van der Waals surface area contributed by atoms with Gasteiger partial charge in [-0.25, -0.2) is 10.5 Å². The van der Waals surface area contributed by atoms with Gasteiger partial charge < -0.3 is 0 Å². The highest BCUT2D eigenvalue weighted by Crippen LogP contribution is 2.13. The van der Waals surface area contributed by atoms with Gasteiger partial charge in [0.05, 0.1) is 17.3 Å². The third-order valence-electron chi connectivity index (χ3n) is 2.24. The number of nitrogens with one attached hydrogen (secondary N) is 1. The summed E-state index contributed by atoms with van der Waals surface area (Å²) < 4.78 is 1.26. The normalized spacial score (nSPS) is 11.7. The van der Waals surface area contributed by atoms with Crippen LogP contribution in [0.3, 0.4) is 0 Å². The largest absolute Gasteiger partial charge is 0.289 e. The van der Waals surface area contributed by atoms with Crippen LogP contribution in [0, 0.1) is 0 Å². The molecule has 0 aliphatic heterocycles. The summed E-state index contributed by atoms with van der Waals surface area (Å²) in [5, 5.41) is 2.32. The smallest absolute Gasteiger partial charge is 0.263 e. The standard InChI is InChI=1S/C12H15N3O3S/c1-12(2,3)18-14-9(16)6-15-7-13-10-8(11(15)17)4-5-19-10/h4-5,7H,6H2,1-3H3,(H,14,16). The summed E-state index contributed by atoms with van der Waals surface area (Å²) in [5.74, 6) is -0.395. The number of hydroxylamine groups is 1. The molecule has 0 aliphatic rings. The summed E-state index contributed by atoms with van der Waals surface area (Å²) in [7, 11) is 0. The van der Waals surface area contributed by atoms with Crippen LogP contribution in [0.5, 0.6) is 0 Å². The van der Waals surface area contributed by atoms with Gasteiger partial charge in [0.15, 0.2) is 0 Å². The third kappa shape index (κ3) is 3.39. The van der Waals surface area contributed by atoms with Crippen LogP contribution in [-0.2, 0) is 16.2 Å². The zero-order chi connectivity index (χ0) is 14.0. The lowest BCUT2D eigenvalue weighted by Gasteiger charge is -2.19. The Labute approximate surface area is 114 Å². The molecular weight excluding hydrogens is 266 g/mol. The number of carbonyl (C=O) groups excluding carboxylic acids is 1. The van der Waals surface area contributed by atoms with E-state index < -0.39 is 11.5 Å². The van der Waals surface area contributed by atoms with E-state index in [1.54, 1.807) is 11.4 Å². The van der Waals surface area contributed by atoms with Gasteiger partial charge in [0.25, 0.3) is 11.5 Å². The molecule has 0 saturated heterocycles. The molecule has 102 valence electrons. The van der Waals surface area contributed by atoms with Gasteiger partial charge in [-0.1, -0.05) is 0 Å². The Morgan fingerprint density at radius 3 is 2.95 bits per heavy atom. The summed E-state index contributed by atoms with van der Waals surface area (Å²) in [6, 6.07) is 1.70. The number of fused-ring (bicyclic) bond motifs is 1. The van der Waals surface area contributed by atoms with Gasteiger partial charge in [-0.05, 0) is 32.2 Å². The number of carbonyl (C=O) groups is 1. The first-order chi connectivity index (χ1) is 8.87. The summed E-state index contributed by atoms with van der Waals surface area (Å²) in [6.07, 6.45) is 1.37. The monoisotopic (exact) mass is 281 g/mol. The molecule has 0 fully saturated rings. The molecule has 2 heterocycles. The molecule has 19 heavy (non-hydrogen) atoms. The molecule has 7 heteroatoms. The van der Waals surface area contributed by atoms with Crippen molar-refractivity contribution in [2.24, 2.45) is 0 Å². The highest BCUT2D eigenvalue weighted by Gasteiger charge is 2.14. The van der Waals surface area contributed by atoms with Gasteiger partial charge in [-0.3, -0.25) is 19.0 Å². The van der Waals surface area contributed by atoms with Gasteiger partial charge in [0.1, 0.15) is 11.4 Å². The van der Waals surface area contributed by atoms with Gasteiger partial charge in [-0.15, -0.1) is 11.3 Å². The van der Waals surface area contributed by atoms with E-state index in [1.807, 2.05) is 20.8 Å². The van der Waals surface area contributed by atoms with E-state index in [0.717, 1.165) is 0 Å². The lowest BCUT2D eigenvalue weighted by Crippen LogP contribution is -2.37. The minimum atomic E-state index is -0.476. The van der Waals surface area contributed by atoms with Crippen LogP contribution in [0.2, 0.25) is 0 Å². The molecule has 2 aromatic rings. The lowest BCUT2D eigenvalue weighted by atomic mass is 10.2. The van der Waals surface area contributed by atoms with Crippen molar-refractivity contribution < 1.29 is 9.63 Å². The second-order valence-electron chi connectivity index (χ2n) is 5.06. The van der Waals surface area contributed by atoms with Crippen molar-refractivity contribution in [3.05, 3.63) is 28.1 Å². The maximum absolute atomic E-state index is 12.0. The molecule has 0 aromatic carbocycles. The van der Waals surface area contributed by atoms with Gasteiger partial charge in [0.2, 0.25) is 0 Å². The average molecular weight is 281 g/mol. The quantitative estimate of drug-likeness (QED) is 0.861. The number of thiophene rings is 1. The van der Waals surface area contributed by atoms with E-state index in [4.69, 9.17) is 4.84 Å². The van der Waals surface area contributed by atoms with E-state index in [1.165, 1.54) is 22.2 Å². The molecule has 0 spiro atoms. The van der Waals surface area contributed by atoms with E-state index >= 15 is 0 Å². The lowest BCUT2D eigenvalue weighted by molar-refractivity contribution is -0.146. The first kappa shape index (κ1) is 13.7. The summed E-state index contributed by atoms with van der Waals surface area (Å²) >= 11 is 1.39. The first-order valence-corrected chi connectivity index (χ1v) is 6.64. The maximum Gasteiger partial charge on any atom is 0.263 e. The third-order valence-corrected chi connectivity index (χ3v) is 3.06. The number of rotatable bonds is 3. The van der Waals surface area contributed by atoms with Crippen LogP contribution >= 0.6 is 11.3 Å². The van der Waals surface area contributed by atoms with Crippen LogP contribution in [0.4, 0.5) is 0 Å². The number of nitrogens with zero attached hydrogens (tertiary/aromatic N) is 2. The summed E-state index contributed by atoms with van der Waals surface area (Å²) in [4.78, 5) is 33.6. The van der Waals surface area contributed by atoms with Crippen molar-refractivity contribution >= 4 is 27.5 Å². The van der Waals surface area contributed by atoms with Crippen LogP contribution in [0.1, 0.15) is 20.8 Å². The van der Waals surface area contributed by atoms with Crippen LogP contribution < -0.4 is 11.0 Å². The maximum atomic E-state index is 12.0. The molecule has 0 unspecified atom stereocenters. The molecule has 2 rings (SSSR count). The SMILES string of the molecule is CC(C)(C)ONC(=O)Cn1cnc2sccc2c1=O. The first-order valence-electron chi connectivity index (χ1n) is 5.76. The van der Waals surface area contributed by atoms with Crippen molar-refractivity contribution in [2.45, 2.75) is 32.9 Å². The topological polar surface area (TPSA) is 73.2 Å². The highest BCUT2D eigenvalue weighted by atomic mass is 32.1. The van der Waals surface area contributed by atoms with E-state index in [-0.39, 0.29) is 12.1 Å². The van der Waals surface area contributed by atoms with E-state index in [0.29, 0.717) is 10.2 Å². The predicted octanol–water partition coefficient (Wildman–Crippen LogP) is 1.30. The summed E-state index contributed by atoms with van der Waals surface area (Å²) in [5.41, 5.74) is 1.62. The minimum absolute atomic E-state index is 0.117. The average Bonchev–Trinajstić information content (AvgIpc) is 2.78. The molecular formula is C12H15N3O3S. The summed E-state index contributed by atoms with van der Waals surface area (Å²) in [6.45, 7) is 5.34. The molecule has 1 amide bonds. The Hall–Kier alpha value is -1.73. The van der Waals surface area contributed by atoms with E-state index in [9.17, 15) is 9.59 Å². The Kier molecular flexibility index (Phi) is 3.68. The van der Waals surface area contributed by atoms with Crippen molar-refractivity contribution in [3.8, 4) is 0 Å². The molecule has 0 aliphatic carbocycles. The Morgan fingerprint density at radius 2 is 2.26 bits per heavy atom. The van der Waals surface area contributed by atoms with Gasteiger partial charge in [0, 0.05) is 0 Å².